The lowest BCUT2D eigenvalue weighted by Gasteiger charge is -2.26. The molecule has 2 amide bonds. The van der Waals surface area contributed by atoms with Crippen molar-refractivity contribution in [2.45, 2.75) is 25.5 Å². The third kappa shape index (κ3) is 4.06. The zero-order chi connectivity index (χ0) is 18.0. The summed E-state index contributed by atoms with van der Waals surface area (Å²) < 4.78 is 5.63. The Balaban J connectivity index is 1.63. The van der Waals surface area contributed by atoms with Crippen molar-refractivity contribution < 1.29 is 14.3 Å². The zero-order valence-corrected chi connectivity index (χ0v) is 14.9. The summed E-state index contributed by atoms with van der Waals surface area (Å²) in [5.74, 6) is -0.0993. The van der Waals surface area contributed by atoms with Crippen LogP contribution in [0, 0.1) is 0 Å². The molecule has 0 spiro atoms. The van der Waals surface area contributed by atoms with E-state index in [1.165, 1.54) is 0 Å². The molecule has 2 aromatic carbocycles. The first-order chi connectivity index (χ1) is 11.9. The van der Waals surface area contributed by atoms with Gasteiger partial charge in [0.25, 0.3) is 5.91 Å². The quantitative estimate of drug-likeness (QED) is 0.845. The van der Waals surface area contributed by atoms with Gasteiger partial charge in [0.15, 0.2) is 6.10 Å². The highest BCUT2D eigenvalue weighted by Crippen LogP contribution is 2.30. The van der Waals surface area contributed by atoms with E-state index in [-0.39, 0.29) is 24.3 Å². The molecule has 130 valence electrons. The smallest absolute Gasteiger partial charge is 0.266 e. The highest BCUT2D eigenvalue weighted by molar-refractivity contribution is 6.35. The topological polar surface area (TPSA) is 67.4 Å². The van der Waals surface area contributed by atoms with E-state index in [4.69, 9.17) is 27.9 Å². The fourth-order valence-corrected chi connectivity index (χ4v) is 3.20. The van der Waals surface area contributed by atoms with E-state index in [1.54, 1.807) is 42.5 Å². The monoisotopic (exact) mass is 378 g/mol. The summed E-state index contributed by atoms with van der Waals surface area (Å²) in [4.78, 5) is 24.4. The minimum absolute atomic E-state index is 0.0876. The molecule has 0 aliphatic carbocycles. The number of carbonyl (C=O) groups excluding carboxylic acids is 2. The first-order valence-corrected chi connectivity index (χ1v) is 8.50. The average Bonchev–Trinajstić information content (AvgIpc) is 2.55. The summed E-state index contributed by atoms with van der Waals surface area (Å²) in [6.45, 7) is 1.81. The summed E-state index contributed by atoms with van der Waals surface area (Å²) >= 11 is 12.0. The Morgan fingerprint density at radius 3 is 2.80 bits per heavy atom. The lowest BCUT2D eigenvalue weighted by Crippen LogP contribution is -2.41. The normalized spacial score (nSPS) is 17.1. The van der Waals surface area contributed by atoms with E-state index in [0.29, 0.717) is 21.5 Å². The molecule has 0 saturated heterocycles. The van der Waals surface area contributed by atoms with Crippen molar-refractivity contribution >= 4 is 40.7 Å². The molecule has 7 heteroatoms. The minimum Gasteiger partial charge on any atom is -0.478 e. The standard InChI is InChI=1S/C18H16Cl2N2O3/c1-10(12-7-6-11(19)8-13(12)20)21-17(23)9-16-18(24)22-14-4-2-3-5-15(14)25-16/h2-8,10,16H,9H2,1H3,(H,21,23)(H,22,24)/t10-,16-/m0/s1. The second-order valence-corrected chi connectivity index (χ2v) is 6.59. The van der Waals surface area contributed by atoms with E-state index in [9.17, 15) is 9.59 Å². The van der Waals surface area contributed by atoms with Crippen molar-refractivity contribution in [1.29, 1.82) is 0 Å². The van der Waals surface area contributed by atoms with Gasteiger partial charge in [-0.3, -0.25) is 9.59 Å². The van der Waals surface area contributed by atoms with Crippen molar-refractivity contribution in [3.8, 4) is 5.75 Å². The molecule has 1 aliphatic rings. The van der Waals surface area contributed by atoms with Crippen LogP contribution in [0.2, 0.25) is 10.0 Å². The van der Waals surface area contributed by atoms with Crippen molar-refractivity contribution in [2.75, 3.05) is 5.32 Å². The lowest BCUT2D eigenvalue weighted by atomic mass is 10.1. The van der Waals surface area contributed by atoms with Crippen molar-refractivity contribution in [3.05, 3.63) is 58.1 Å². The van der Waals surface area contributed by atoms with Crippen LogP contribution in [-0.4, -0.2) is 17.9 Å². The van der Waals surface area contributed by atoms with E-state index in [2.05, 4.69) is 10.6 Å². The first-order valence-electron chi connectivity index (χ1n) is 7.75. The van der Waals surface area contributed by atoms with Crippen molar-refractivity contribution in [1.82, 2.24) is 5.32 Å². The maximum Gasteiger partial charge on any atom is 0.266 e. The van der Waals surface area contributed by atoms with Crippen LogP contribution < -0.4 is 15.4 Å². The molecular weight excluding hydrogens is 363 g/mol. The average molecular weight is 379 g/mol. The van der Waals surface area contributed by atoms with Gasteiger partial charge in [0.1, 0.15) is 5.75 Å². The molecule has 2 aromatic rings. The minimum atomic E-state index is -0.872. The van der Waals surface area contributed by atoms with Crippen LogP contribution in [0.4, 0.5) is 5.69 Å². The van der Waals surface area contributed by atoms with Crippen molar-refractivity contribution in [2.24, 2.45) is 0 Å². The number of carbonyl (C=O) groups is 2. The Kier molecular flexibility index (Phi) is 5.16. The molecule has 0 fully saturated rings. The number of halogens is 2. The molecule has 3 rings (SSSR count). The van der Waals surface area contributed by atoms with Crippen LogP contribution in [0.5, 0.6) is 5.75 Å². The molecule has 2 atom stereocenters. The van der Waals surface area contributed by atoms with E-state index in [0.717, 1.165) is 5.56 Å². The van der Waals surface area contributed by atoms with Crippen LogP contribution in [0.3, 0.4) is 0 Å². The number of anilines is 1. The van der Waals surface area contributed by atoms with Crippen LogP contribution in [0.15, 0.2) is 42.5 Å². The molecule has 0 bridgehead atoms. The Labute approximate surface area is 155 Å². The van der Waals surface area contributed by atoms with Crippen LogP contribution in [0.25, 0.3) is 0 Å². The van der Waals surface area contributed by atoms with Crippen LogP contribution in [-0.2, 0) is 9.59 Å². The van der Waals surface area contributed by atoms with E-state index < -0.39 is 6.10 Å². The number of amides is 2. The van der Waals surface area contributed by atoms with Gasteiger partial charge < -0.3 is 15.4 Å². The van der Waals surface area contributed by atoms with Gasteiger partial charge in [0, 0.05) is 10.0 Å². The molecule has 0 aromatic heterocycles. The van der Waals surface area contributed by atoms with Crippen LogP contribution >= 0.6 is 23.2 Å². The van der Waals surface area contributed by atoms with Crippen LogP contribution in [0.1, 0.15) is 24.9 Å². The SMILES string of the molecule is C[C@H](NC(=O)C[C@@H]1Oc2ccccc2NC1=O)c1ccc(Cl)cc1Cl. The second-order valence-electron chi connectivity index (χ2n) is 5.75. The molecule has 2 N–H and O–H groups in total. The number of fused-ring (bicyclic) bond motifs is 1. The van der Waals surface area contributed by atoms with Gasteiger partial charge in [0.2, 0.25) is 5.91 Å². The predicted octanol–water partition coefficient (Wildman–Crippen LogP) is 3.96. The van der Waals surface area contributed by atoms with Gasteiger partial charge in [0.05, 0.1) is 18.2 Å². The first kappa shape index (κ1) is 17.6. The molecule has 1 heterocycles. The zero-order valence-electron chi connectivity index (χ0n) is 13.4. The second kappa shape index (κ2) is 7.33. The summed E-state index contributed by atoms with van der Waals surface area (Å²) in [7, 11) is 0. The number of para-hydroxylation sites is 2. The molecular formula is C18H16Cl2N2O3. The van der Waals surface area contributed by atoms with E-state index in [1.807, 2.05) is 6.92 Å². The largest absolute Gasteiger partial charge is 0.478 e. The van der Waals surface area contributed by atoms with Gasteiger partial charge >= 0.3 is 0 Å². The maximum absolute atomic E-state index is 12.3. The van der Waals surface area contributed by atoms with Gasteiger partial charge in [-0.25, -0.2) is 0 Å². The Bertz CT molecular complexity index is 826. The number of nitrogens with one attached hydrogen (secondary N) is 2. The Morgan fingerprint density at radius 1 is 1.28 bits per heavy atom. The Hall–Kier alpha value is -2.24. The Morgan fingerprint density at radius 2 is 2.04 bits per heavy atom. The molecule has 0 saturated carbocycles. The summed E-state index contributed by atoms with van der Waals surface area (Å²) in [5, 5.41) is 6.56. The molecule has 0 unspecified atom stereocenters. The van der Waals surface area contributed by atoms with Gasteiger partial charge in [-0.2, -0.15) is 0 Å². The van der Waals surface area contributed by atoms with Gasteiger partial charge in [-0.1, -0.05) is 41.4 Å². The van der Waals surface area contributed by atoms with Gasteiger partial charge in [-0.15, -0.1) is 0 Å². The highest BCUT2D eigenvalue weighted by atomic mass is 35.5. The number of ether oxygens (including phenoxy) is 1. The number of rotatable bonds is 4. The number of hydrogen-bond donors (Lipinski definition) is 2. The predicted molar refractivity (Wildman–Crippen MR) is 97.1 cm³/mol. The molecule has 1 aliphatic heterocycles. The van der Waals surface area contributed by atoms with Crippen molar-refractivity contribution in [3.63, 3.8) is 0 Å². The third-order valence-corrected chi connectivity index (χ3v) is 4.45. The van der Waals surface area contributed by atoms with E-state index >= 15 is 0 Å². The fourth-order valence-electron chi connectivity index (χ4n) is 2.63. The molecule has 0 radical (unpaired) electrons. The summed E-state index contributed by atoms with van der Waals surface area (Å²) in [6, 6.07) is 11.9. The van der Waals surface area contributed by atoms with Gasteiger partial charge in [-0.05, 0) is 36.8 Å². The highest BCUT2D eigenvalue weighted by Gasteiger charge is 2.30. The number of hydrogen-bond acceptors (Lipinski definition) is 3. The molecule has 5 nitrogen and oxygen atoms in total. The number of benzene rings is 2. The third-order valence-electron chi connectivity index (χ3n) is 3.88. The fraction of sp³-hybridized carbons (Fsp3) is 0.222. The summed E-state index contributed by atoms with van der Waals surface area (Å²) in [5.41, 5.74) is 1.35. The lowest BCUT2D eigenvalue weighted by molar-refractivity contribution is -0.130. The maximum atomic E-state index is 12.3. The summed E-state index contributed by atoms with van der Waals surface area (Å²) in [6.07, 6.45) is -0.960. The molecule has 25 heavy (non-hydrogen) atoms.